The van der Waals surface area contributed by atoms with E-state index in [0.29, 0.717) is 10.9 Å². The number of sulfone groups is 1. The Balaban J connectivity index is 2.43. The lowest BCUT2D eigenvalue weighted by Crippen LogP contribution is -2.07. The summed E-state index contributed by atoms with van der Waals surface area (Å²) >= 11 is 0. The Bertz CT molecular complexity index is 701. The molecule has 1 heterocycles. The standard InChI is InChI=1S/C11H11NO5S/c1-16-11(13)17-10-6-7-5-8(18(2,14)15)3-4-9(7)12-10/h3-6,12H,1-2H3. The van der Waals surface area contributed by atoms with Crippen LogP contribution in [0.5, 0.6) is 5.88 Å². The first kappa shape index (κ1) is 12.4. The second kappa shape index (κ2) is 4.34. The Morgan fingerprint density at radius 1 is 1.28 bits per heavy atom. The molecule has 7 heteroatoms. The van der Waals surface area contributed by atoms with Crippen LogP contribution in [-0.2, 0) is 14.6 Å². The van der Waals surface area contributed by atoms with E-state index < -0.39 is 16.0 Å². The monoisotopic (exact) mass is 269 g/mol. The third kappa shape index (κ3) is 2.45. The highest BCUT2D eigenvalue weighted by Crippen LogP contribution is 2.23. The van der Waals surface area contributed by atoms with E-state index in [4.69, 9.17) is 4.74 Å². The molecule has 1 N–H and O–H groups in total. The van der Waals surface area contributed by atoms with Crippen molar-refractivity contribution in [3.63, 3.8) is 0 Å². The maximum atomic E-state index is 11.4. The molecule has 0 bridgehead atoms. The van der Waals surface area contributed by atoms with Crippen molar-refractivity contribution in [1.82, 2.24) is 4.98 Å². The Hall–Kier alpha value is -2.02. The van der Waals surface area contributed by atoms with Crippen molar-refractivity contribution < 1.29 is 22.7 Å². The number of rotatable bonds is 2. The van der Waals surface area contributed by atoms with Crippen LogP contribution < -0.4 is 4.74 Å². The maximum Gasteiger partial charge on any atom is 0.514 e. The molecular weight excluding hydrogens is 258 g/mol. The van der Waals surface area contributed by atoms with E-state index in [0.717, 1.165) is 6.26 Å². The van der Waals surface area contributed by atoms with Crippen LogP contribution in [0.25, 0.3) is 10.9 Å². The quantitative estimate of drug-likeness (QED) is 0.839. The molecule has 1 aromatic carbocycles. The second-order valence-corrected chi connectivity index (χ2v) is 5.73. The van der Waals surface area contributed by atoms with Crippen molar-refractivity contribution in [2.24, 2.45) is 0 Å². The molecule has 0 amide bonds. The van der Waals surface area contributed by atoms with E-state index >= 15 is 0 Å². The molecule has 0 aliphatic carbocycles. The normalized spacial score (nSPS) is 11.4. The van der Waals surface area contributed by atoms with Crippen molar-refractivity contribution in [3.8, 4) is 5.88 Å². The minimum Gasteiger partial charge on any atom is -0.437 e. The minimum absolute atomic E-state index is 0.197. The van der Waals surface area contributed by atoms with Crippen molar-refractivity contribution in [1.29, 1.82) is 0 Å². The number of aromatic nitrogens is 1. The summed E-state index contributed by atoms with van der Waals surface area (Å²) in [5, 5.41) is 0.636. The fourth-order valence-electron chi connectivity index (χ4n) is 1.50. The second-order valence-electron chi connectivity index (χ2n) is 3.71. The van der Waals surface area contributed by atoms with Crippen molar-refractivity contribution in [3.05, 3.63) is 24.3 Å². The van der Waals surface area contributed by atoms with Crippen LogP contribution in [0, 0.1) is 0 Å². The van der Waals surface area contributed by atoms with Gasteiger partial charge in [0, 0.05) is 23.2 Å². The largest absolute Gasteiger partial charge is 0.514 e. The van der Waals surface area contributed by atoms with Crippen LogP contribution in [-0.4, -0.2) is 32.9 Å². The van der Waals surface area contributed by atoms with Gasteiger partial charge in [-0.1, -0.05) is 0 Å². The number of nitrogens with one attached hydrogen (secondary N) is 1. The topological polar surface area (TPSA) is 85.5 Å². The highest BCUT2D eigenvalue weighted by molar-refractivity contribution is 7.90. The zero-order valence-electron chi connectivity index (χ0n) is 9.76. The molecule has 1 aromatic heterocycles. The first-order valence-corrected chi connectivity index (χ1v) is 6.88. The lowest BCUT2D eigenvalue weighted by atomic mass is 10.2. The molecule has 0 radical (unpaired) electrons. The molecule has 6 nitrogen and oxygen atoms in total. The molecule has 0 saturated carbocycles. The lowest BCUT2D eigenvalue weighted by Gasteiger charge is -1.97. The van der Waals surface area contributed by atoms with E-state index in [-0.39, 0.29) is 10.8 Å². The van der Waals surface area contributed by atoms with Crippen LogP contribution >= 0.6 is 0 Å². The van der Waals surface area contributed by atoms with E-state index in [1.54, 1.807) is 6.07 Å². The number of benzene rings is 1. The third-order valence-electron chi connectivity index (χ3n) is 2.36. The van der Waals surface area contributed by atoms with Gasteiger partial charge in [0.1, 0.15) is 0 Å². The summed E-state index contributed by atoms with van der Waals surface area (Å²) < 4.78 is 31.9. The van der Waals surface area contributed by atoms with Crippen LogP contribution in [0.4, 0.5) is 4.79 Å². The molecule has 0 fully saturated rings. The van der Waals surface area contributed by atoms with E-state index in [1.165, 1.54) is 25.3 Å². The maximum absolute atomic E-state index is 11.4. The molecular formula is C11H11NO5S. The fourth-order valence-corrected chi connectivity index (χ4v) is 2.16. The average molecular weight is 269 g/mol. The van der Waals surface area contributed by atoms with Gasteiger partial charge >= 0.3 is 6.16 Å². The van der Waals surface area contributed by atoms with Gasteiger partial charge in [-0.2, -0.15) is 0 Å². The van der Waals surface area contributed by atoms with E-state index in [1.807, 2.05) is 0 Å². The highest BCUT2D eigenvalue weighted by atomic mass is 32.2. The van der Waals surface area contributed by atoms with Gasteiger partial charge in [-0.05, 0) is 18.2 Å². The molecule has 0 aliphatic rings. The van der Waals surface area contributed by atoms with Gasteiger partial charge in [-0.15, -0.1) is 0 Å². The zero-order valence-corrected chi connectivity index (χ0v) is 10.6. The molecule has 0 spiro atoms. The van der Waals surface area contributed by atoms with Gasteiger partial charge in [0.15, 0.2) is 9.84 Å². The molecule has 0 unspecified atom stereocenters. The van der Waals surface area contributed by atoms with E-state index in [2.05, 4.69) is 9.72 Å². The highest BCUT2D eigenvalue weighted by Gasteiger charge is 2.11. The number of ether oxygens (including phenoxy) is 2. The summed E-state index contributed by atoms with van der Waals surface area (Å²) in [5.74, 6) is 0.197. The molecule has 0 aliphatic heterocycles. The third-order valence-corrected chi connectivity index (χ3v) is 3.47. The summed E-state index contributed by atoms with van der Waals surface area (Å²) in [6.07, 6.45) is 0.289. The van der Waals surface area contributed by atoms with Gasteiger partial charge < -0.3 is 14.5 Å². The number of fused-ring (bicyclic) bond motifs is 1. The summed E-state index contributed by atoms with van der Waals surface area (Å²) in [6.45, 7) is 0. The Morgan fingerprint density at radius 2 is 2.00 bits per heavy atom. The first-order valence-electron chi connectivity index (χ1n) is 4.99. The average Bonchev–Trinajstić information content (AvgIpc) is 2.68. The molecule has 18 heavy (non-hydrogen) atoms. The number of H-pyrrole nitrogens is 1. The number of hydrogen-bond acceptors (Lipinski definition) is 5. The summed E-state index contributed by atoms with van der Waals surface area (Å²) in [6, 6.07) is 6.12. The summed E-state index contributed by atoms with van der Waals surface area (Å²) in [7, 11) is -2.06. The number of carbonyl (C=O) groups is 1. The summed E-state index contributed by atoms with van der Waals surface area (Å²) in [4.78, 5) is 14.0. The molecule has 2 rings (SSSR count). The number of methoxy groups -OCH3 is 1. The summed E-state index contributed by atoms with van der Waals surface area (Å²) in [5.41, 5.74) is 0.668. The zero-order chi connectivity index (χ0) is 13.3. The predicted octanol–water partition coefficient (Wildman–Crippen LogP) is 1.72. The Morgan fingerprint density at radius 3 is 2.61 bits per heavy atom. The molecule has 0 atom stereocenters. The van der Waals surface area contributed by atoms with Gasteiger partial charge in [0.2, 0.25) is 5.88 Å². The Labute approximate surface area is 103 Å². The molecule has 2 aromatic rings. The van der Waals surface area contributed by atoms with Gasteiger partial charge in [0.25, 0.3) is 0 Å². The van der Waals surface area contributed by atoms with Gasteiger partial charge in [-0.3, -0.25) is 0 Å². The van der Waals surface area contributed by atoms with Crippen LogP contribution in [0.3, 0.4) is 0 Å². The van der Waals surface area contributed by atoms with Gasteiger partial charge in [-0.25, -0.2) is 13.2 Å². The number of aromatic amines is 1. The van der Waals surface area contributed by atoms with Crippen LogP contribution in [0.2, 0.25) is 0 Å². The first-order chi connectivity index (χ1) is 8.40. The SMILES string of the molecule is COC(=O)Oc1cc2cc(S(C)(=O)=O)ccc2[nH]1. The van der Waals surface area contributed by atoms with E-state index in [9.17, 15) is 13.2 Å². The minimum atomic E-state index is -3.26. The van der Waals surface area contributed by atoms with Crippen LogP contribution in [0.1, 0.15) is 0 Å². The van der Waals surface area contributed by atoms with Crippen molar-refractivity contribution in [2.45, 2.75) is 4.90 Å². The molecule has 0 saturated heterocycles. The smallest absolute Gasteiger partial charge is 0.437 e. The molecule has 96 valence electrons. The number of carbonyl (C=O) groups excluding carboxylic acids is 1. The van der Waals surface area contributed by atoms with Crippen LogP contribution in [0.15, 0.2) is 29.2 Å². The Kier molecular flexibility index (Phi) is 3.00. The van der Waals surface area contributed by atoms with Gasteiger partial charge in [0.05, 0.1) is 12.0 Å². The lowest BCUT2D eigenvalue weighted by molar-refractivity contribution is 0.120. The fraction of sp³-hybridized carbons (Fsp3) is 0.182. The number of hydrogen-bond donors (Lipinski definition) is 1. The predicted molar refractivity (Wildman–Crippen MR) is 64.4 cm³/mol. The van der Waals surface area contributed by atoms with Crippen molar-refractivity contribution in [2.75, 3.05) is 13.4 Å². The van der Waals surface area contributed by atoms with Crippen molar-refractivity contribution >= 4 is 26.9 Å².